The number of nitrogens with one attached hydrogen (secondary N) is 1. The minimum Gasteiger partial charge on any atom is -0.496 e. The summed E-state index contributed by atoms with van der Waals surface area (Å²) < 4.78 is 32.1. The quantitative estimate of drug-likeness (QED) is 0.894. The molecule has 0 heterocycles. The van der Waals surface area contributed by atoms with Crippen molar-refractivity contribution in [2.24, 2.45) is 5.92 Å². The number of rotatable bonds is 5. The first-order valence-corrected chi connectivity index (χ1v) is 7.43. The van der Waals surface area contributed by atoms with E-state index in [0.29, 0.717) is 5.75 Å². The molecule has 0 radical (unpaired) electrons. The van der Waals surface area contributed by atoms with Crippen molar-refractivity contribution in [3.8, 4) is 5.75 Å². The fourth-order valence-corrected chi connectivity index (χ4v) is 2.94. The number of aryl methyl sites for hydroxylation is 1. The Morgan fingerprint density at radius 3 is 2.28 bits per heavy atom. The molecule has 5 heteroatoms. The Morgan fingerprint density at radius 1 is 1.22 bits per heavy atom. The van der Waals surface area contributed by atoms with Crippen LogP contribution in [0.3, 0.4) is 0 Å². The molecule has 0 unspecified atom stereocenters. The summed E-state index contributed by atoms with van der Waals surface area (Å²) in [5, 5.41) is 0. The Balaban J connectivity index is 3.02. The average Bonchev–Trinajstić information content (AvgIpc) is 2.28. The van der Waals surface area contributed by atoms with E-state index in [0.717, 1.165) is 5.56 Å². The molecule has 0 saturated heterocycles. The van der Waals surface area contributed by atoms with Gasteiger partial charge in [0.2, 0.25) is 10.0 Å². The lowest BCUT2D eigenvalue weighted by Crippen LogP contribution is -2.36. The van der Waals surface area contributed by atoms with E-state index >= 15 is 0 Å². The third kappa shape index (κ3) is 3.46. The molecule has 102 valence electrons. The Kier molecular flexibility index (Phi) is 4.76. The molecule has 1 aromatic rings. The van der Waals surface area contributed by atoms with Crippen LogP contribution in [-0.2, 0) is 10.0 Å². The van der Waals surface area contributed by atoms with Crippen molar-refractivity contribution in [3.63, 3.8) is 0 Å². The molecule has 0 aliphatic heterocycles. The fraction of sp³-hybridized carbons (Fsp3) is 0.538. The van der Waals surface area contributed by atoms with Crippen molar-refractivity contribution in [2.45, 2.75) is 38.6 Å². The smallest absolute Gasteiger partial charge is 0.240 e. The van der Waals surface area contributed by atoms with Crippen LogP contribution in [0.5, 0.6) is 5.75 Å². The summed E-state index contributed by atoms with van der Waals surface area (Å²) in [6.45, 7) is 7.64. The summed E-state index contributed by atoms with van der Waals surface area (Å²) in [6, 6.07) is 4.75. The summed E-state index contributed by atoms with van der Waals surface area (Å²) in [5.74, 6) is 0.935. The maximum Gasteiger partial charge on any atom is 0.240 e. The van der Waals surface area contributed by atoms with Crippen LogP contribution in [0.1, 0.15) is 26.3 Å². The van der Waals surface area contributed by atoms with Crippen molar-refractivity contribution >= 4 is 10.0 Å². The lowest BCUT2D eigenvalue weighted by molar-refractivity contribution is 0.411. The second kappa shape index (κ2) is 5.71. The van der Waals surface area contributed by atoms with E-state index < -0.39 is 10.0 Å². The van der Waals surface area contributed by atoms with Gasteiger partial charge in [-0.25, -0.2) is 13.1 Å². The first kappa shape index (κ1) is 15.0. The number of hydrogen-bond acceptors (Lipinski definition) is 3. The van der Waals surface area contributed by atoms with Crippen LogP contribution in [0, 0.1) is 12.8 Å². The Hall–Kier alpha value is -1.07. The summed E-state index contributed by atoms with van der Waals surface area (Å²) in [5.41, 5.74) is 0.803. The minimum absolute atomic E-state index is 0.0996. The fourth-order valence-electron chi connectivity index (χ4n) is 1.47. The van der Waals surface area contributed by atoms with E-state index in [9.17, 15) is 8.42 Å². The number of methoxy groups -OCH3 is 1. The normalized spacial score (nSPS) is 13.7. The summed E-state index contributed by atoms with van der Waals surface area (Å²) in [6.07, 6.45) is 0. The summed E-state index contributed by atoms with van der Waals surface area (Å²) in [4.78, 5) is 0.272. The third-order valence-electron chi connectivity index (χ3n) is 3.02. The van der Waals surface area contributed by atoms with Crippen LogP contribution in [0.4, 0.5) is 0 Å². The van der Waals surface area contributed by atoms with Gasteiger partial charge in [-0.15, -0.1) is 0 Å². The molecule has 1 rings (SSSR count). The molecule has 1 N–H and O–H groups in total. The van der Waals surface area contributed by atoms with Gasteiger partial charge in [0.25, 0.3) is 0 Å². The monoisotopic (exact) mass is 271 g/mol. The molecule has 0 amide bonds. The zero-order valence-corrected chi connectivity index (χ0v) is 12.3. The Labute approximate surface area is 109 Å². The molecule has 1 aromatic carbocycles. The molecule has 0 spiro atoms. The Morgan fingerprint density at radius 2 is 1.83 bits per heavy atom. The highest BCUT2D eigenvalue weighted by atomic mass is 32.2. The van der Waals surface area contributed by atoms with E-state index in [1.165, 1.54) is 0 Å². The van der Waals surface area contributed by atoms with Gasteiger partial charge in [0.1, 0.15) is 5.75 Å². The number of sulfonamides is 1. The average molecular weight is 271 g/mol. The van der Waals surface area contributed by atoms with Crippen LogP contribution in [0.25, 0.3) is 0 Å². The van der Waals surface area contributed by atoms with Crippen molar-refractivity contribution < 1.29 is 13.2 Å². The molecule has 0 aliphatic carbocycles. The van der Waals surface area contributed by atoms with Crippen molar-refractivity contribution in [1.29, 1.82) is 0 Å². The van der Waals surface area contributed by atoms with E-state index in [1.807, 2.05) is 27.7 Å². The first-order chi connectivity index (χ1) is 8.27. The highest BCUT2D eigenvalue weighted by Crippen LogP contribution is 2.21. The Bertz CT molecular complexity index is 509. The standard InChI is InChI=1S/C13H21NO3S/c1-9(2)11(4)14-18(15,16)12-6-7-13(17-5)10(3)8-12/h6-9,11,14H,1-5H3/t11-/m0/s1. The van der Waals surface area contributed by atoms with E-state index in [4.69, 9.17) is 4.74 Å². The van der Waals surface area contributed by atoms with Gasteiger partial charge < -0.3 is 4.74 Å². The molecule has 0 fully saturated rings. The maximum atomic E-state index is 12.1. The predicted octanol–water partition coefficient (Wildman–Crippen LogP) is 2.33. The largest absolute Gasteiger partial charge is 0.496 e. The zero-order chi connectivity index (χ0) is 13.9. The van der Waals surface area contributed by atoms with Gasteiger partial charge in [0, 0.05) is 6.04 Å². The van der Waals surface area contributed by atoms with Gasteiger partial charge in [-0.3, -0.25) is 0 Å². The van der Waals surface area contributed by atoms with Crippen molar-refractivity contribution in [3.05, 3.63) is 23.8 Å². The zero-order valence-electron chi connectivity index (χ0n) is 11.5. The second-order valence-electron chi connectivity index (χ2n) is 4.79. The SMILES string of the molecule is COc1ccc(S(=O)(=O)N[C@@H](C)C(C)C)cc1C. The summed E-state index contributed by atoms with van der Waals surface area (Å²) in [7, 11) is -1.89. The molecule has 1 atom stereocenters. The topological polar surface area (TPSA) is 55.4 Å². The van der Waals surface area contributed by atoms with Crippen molar-refractivity contribution in [1.82, 2.24) is 4.72 Å². The predicted molar refractivity (Wildman–Crippen MR) is 72.4 cm³/mol. The number of ether oxygens (including phenoxy) is 1. The number of hydrogen-bond donors (Lipinski definition) is 1. The molecule has 4 nitrogen and oxygen atoms in total. The van der Waals surface area contributed by atoms with Gasteiger partial charge in [-0.2, -0.15) is 0 Å². The third-order valence-corrected chi connectivity index (χ3v) is 4.57. The highest BCUT2D eigenvalue weighted by molar-refractivity contribution is 7.89. The molecule has 0 aromatic heterocycles. The lowest BCUT2D eigenvalue weighted by Gasteiger charge is -2.18. The van der Waals surface area contributed by atoms with Crippen LogP contribution < -0.4 is 9.46 Å². The van der Waals surface area contributed by atoms with Gasteiger partial charge in [0.15, 0.2) is 0 Å². The first-order valence-electron chi connectivity index (χ1n) is 5.95. The van der Waals surface area contributed by atoms with Crippen molar-refractivity contribution in [2.75, 3.05) is 7.11 Å². The summed E-state index contributed by atoms with van der Waals surface area (Å²) >= 11 is 0. The molecule has 0 saturated carbocycles. The van der Waals surface area contributed by atoms with E-state index in [-0.39, 0.29) is 16.9 Å². The highest BCUT2D eigenvalue weighted by Gasteiger charge is 2.19. The van der Waals surface area contributed by atoms with E-state index in [2.05, 4.69) is 4.72 Å². The van der Waals surface area contributed by atoms with Gasteiger partial charge in [-0.1, -0.05) is 13.8 Å². The van der Waals surface area contributed by atoms with E-state index in [1.54, 1.807) is 25.3 Å². The van der Waals surface area contributed by atoms with Crippen LogP contribution >= 0.6 is 0 Å². The second-order valence-corrected chi connectivity index (χ2v) is 6.50. The van der Waals surface area contributed by atoms with Gasteiger partial charge >= 0.3 is 0 Å². The molecular weight excluding hydrogens is 250 g/mol. The van der Waals surface area contributed by atoms with Gasteiger partial charge in [-0.05, 0) is 43.5 Å². The molecule has 0 aliphatic rings. The molecule has 0 bridgehead atoms. The van der Waals surface area contributed by atoms with Crippen LogP contribution in [-0.4, -0.2) is 21.6 Å². The molecular formula is C13H21NO3S. The minimum atomic E-state index is -3.46. The van der Waals surface area contributed by atoms with Crippen LogP contribution in [0.2, 0.25) is 0 Å². The van der Waals surface area contributed by atoms with Crippen LogP contribution in [0.15, 0.2) is 23.1 Å². The lowest BCUT2D eigenvalue weighted by atomic mass is 10.1. The molecule has 18 heavy (non-hydrogen) atoms. The maximum absolute atomic E-state index is 12.1. The van der Waals surface area contributed by atoms with Gasteiger partial charge in [0.05, 0.1) is 12.0 Å². The number of benzene rings is 1.